The molecule has 2 saturated carbocycles. The summed E-state index contributed by atoms with van der Waals surface area (Å²) in [4.78, 5) is 0. The molecule has 2 fully saturated rings. The van der Waals surface area contributed by atoms with Crippen LogP contribution in [0.4, 0.5) is 0 Å². The number of fused-ring (bicyclic) bond motifs is 3. The van der Waals surface area contributed by atoms with Crippen LogP contribution in [0.3, 0.4) is 0 Å². The summed E-state index contributed by atoms with van der Waals surface area (Å²) >= 11 is 0. The molecule has 1 aliphatic heterocycles. The van der Waals surface area contributed by atoms with Gasteiger partial charge in [-0.1, -0.05) is 6.42 Å². The number of hydrogen-bond acceptors (Lipinski definition) is 4. The van der Waals surface area contributed by atoms with Crippen LogP contribution >= 0.6 is 0 Å². The van der Waals surface area contributed by atoms with Crippen molar-refractivity contribution in [2.24, 2.45) is 11.8 Å². The lowest BCUT2D eigenvalue weighted by Gasteiger charge is -2.23. The second-order valence-corrected chi connectivity index (χ2v) is 6.00. The van der Waals surface area contributed by atoms with Gasteiger partial charge >= 0.3 is 0 Å². The van der Waals surface area contributed by atoms with Gasteiger partial charge in [0.2, 0.25) is 6.79 Å². The molecule has 2 N–H and O–H groups in total. The third-order valence-corrected chi connectivity index (χ3v) is 4.87. The monoisotopic (exact) mass is 261 g/mol. The Balaban J connectivity index is 1.45. The van der Waals surface area contributed by atoms with Gasteiger partial charge in [0.25, 0.3) is 0 Å². The molecule has 2 aliphatic carbocycles. The number of aromatic hydroxyl groups is 1. The molecule has 0 saturated heterocycles. The van der Waals surface area contributed by atoms with Crippen molar-refractivity contribution in [3.8, 4) is 17.2 Å². The minimum absolute atomic E-state index is 0.248. The fourth-order valence-corrected chi connectivity index (χ4v) is 3.85. The van der Waals surface area contributed by atoms with Crippen LogP contribution in [0.2, 0.25) is 0 Å². The topological polar surface area (TPSA) is 50.7 Å². The zero-order chi connectivity index (χ0) is 12.8. The van der Waals surface area contributed by atoms with Crippen LogP contribution in [0.25, 0.3) is 0 Å². The first kappa shape index (κ1) is 11.4. The van der Waals surface area contributed by atoms with Crippen molar-refractivity contribution in [1.29, 1.82) is 0 Å². The number of hydrogen-bond donors (Lipinski definition) is 2. The van der Waals surface area contributed by atoms with Crippen molar-refractivity contribution in [2.75, 3.05) is 6.79 Å². The first-order valence-corrected chi connectivity index (χ1v) is 7.14. The second-order valence-electron chi connectivity index (χ2n) is 6.00. The molecule has 4 heteroatoms. The average Bonchev–Trinajstić information content (AvgIpc) is 3.11. The molecule has 0 aromatic heterocycles. The average molecular weight is 261 g/mol. The van der Waals surface area contributed by atoms with Gasteiger partial charge in [-0.05, 0) is 37.2 Å². The number of nitrogens with one attached hydrogen (secondary N) is 1. The normalized spacial score (nSPS) is 31.1. The molecule has 0 amide bonds. The van der Waals surface area contributed by atoms with Gasteiger partial charge in [0, 0.05) is 24.2 Å². The smallest absolute Gasteiger partial charge is 0.231 e. The Morgan fingerprint density at radius 3 is 2.74 bits per heavy atom. The van der Waals surface area contributed by atoms with E-state index in [1.54, 1.807) is 6.07 Å². The predicted octanol–water partition coefficient (Wildman–Crippen LogP) is 2.40. The summed E-state index contributed by atoms with van der Waals surface area (Å²) in [6, 6.07) is 4.17. The Labute approximate surface area is 112 Å². The highest BCUT2D eigenvalue weighted by Gasteiger charge is 2.39. The number of rotatable bonds is 3. The quantitative estimate of drug-likeness (QED) is 0.877. The van der Waals surface area contributed by atoms with Crippen molar-refractivity contribution in [3.05, 3.63) is 17.7 Å². The van der Waals surface area contributed by atoms with E-state index in [1.807, 2.05) is 6.07 Å². The van der Waals surface area contributed by atoms with E-state index < -0.39 is 0 Å². The molecule has 0 spiro atoms. The molecular formula is C15H19NO3. The largest absolute Gasteiger partial charge is 0.507 e. The molecule has 1 heterocycles. The van der Waals surface area contributed by atoms with Gasteiger partial charge in [-0.2, -0.15) is 0 Å². The van der Waals surface area contributed by atoms with Gasteiger partial charge in [0.15, 0.2) is 11.5 Å². The van der Waals surface area contributed by atoms with E-state index in [0.29, 0.717) is 24.1 Å². The molecule has 1 aromatic carbocycles. The summed E-state index contributed by atoms with van der Waals surface area (Å²) in [6.07, 6.45) is 5.48. The van der Waals surface area contributed by atoms with Gasteiger partial charge in [-0.3, -0.25) is 0 Å². The van der Waals surface area contributed by atoms with Gasteiger partial charge < -0.3 is 19.9 Å². The van der Waals surface area contributed by atoms with Crippen molar-refractivity contribution in [1.82, 2.24) is 5.32 Å². The van der Waals surface area contributed by atoms with E-state index in [9.17, 15) is 5.11 Å². The molecule has 3 unspecified atom stereocenters. The third kappa shape index (κ3) is 1.94. The van der Waals surface area contributed by atoms with Crippen molar-refractivity contribution in [3.63, 3.8) is 0 Å². The zero-order valence-electron chi connectivity index (χ0n) is 10.9. The van der Waals surface area contributed by atoms with Crippen LogP contribution in [0.15, 0.2) is 12.1 Å². The molecule has 3 atom stereocenters. The summed E-state index contributed by atoms with van der Waals surface area (Å²) in [5.41, 5.74) is 0.895. The lowest BCUT2D eigenvalue weighted by molar-refractivity contribution is 0.174. The minimum atomic E-state index is 0.248. The summed E-state index contributed by atoms with van der Waals surface area (Å²) < 4.78 is 10.6. The van der Waals surface area contributed by atoms with Crippen molar-refractivity contribution >= 4 is 0 Å². The molecule has 2 bridgehead atoms. The van der Waals surface area contributed by atoms with Crippen LogP contribution in [0.1, 0.15) is 31.2 Å². The number of phenols is 1. The maximum atomic E-state index is 10.0. The van der Waals surface area contributed by atoms with E-state index in [4.69, 9.17) is 9.47 Å². The molecule has 3 aliphatic rings. The molecule has 1 aromatic rings. The molecule has 4 nitrogen and oxygen atoms in total. The van der Waals surface area contributed by atoms with Gasteiger partial charge in [0.1, 0.15) is 5.75 Å². The molecule has 4 rings (SSSR count). The van der Waals surface area contributed by atoms with Crippen LogP contribution in [-0.4, -0.2) is 17.9 Å². The lowest BCUT2D eigenvalue weighted by atomic mass is 9.95. The lowest BCUT2D eigenvalue weighted by Crippen LogP contribution is -2.33. The van der Waals surface area contributed by atoms with Crippen LogP contribution < -0.4 is 14.8 Å². The molecule has 19 heavy (non-hydrogen) atoms. The standard InChI is InChI=1S/C15H19NO3/c17-13-6-15-14(18-8-19-15)5-11(13)7-16-12-4-9-1-2-10(12)3-9/h5-6,9-10,12,16-17H,1-4,7-8H2. The van der Waals surface area contributed by atoms with Gasteiger partial charge in [0.05, 0.1) is 0 Å². The Kier molecular flexibility index (Phi) is 2.58. The third-order valence-electron chi connectivity index (χ3n) is 4.87. The second kappa shape index (κ2) is 4.30. The summed E-state index contributed by atoms with van der Waals surface area (Å²) in [7, 11) is 0. The van der Waals surface area contributed by atoms with E-state index in [2.05, 4.69) is 5.32 Å². The fourth-order valence-electron chi connectivity index (χ4n) is 3.85. The predicted molar refractivity (Wildman–Crippen MR) is 70.3 cm³/mol. The maximum Gasteiger partial charge on any atom is 0.231 e. The first-order valence-electron chi connectivity index (χ1n) is 7.14. The maximum absolute atomic E-state index is 10.0. The SMILES string of the molecule is Oc1cc2c(cc1CNC1CC3CCC1C3)OCO2. The Bertz CT molecular complexity index is 502. The van der Waals surface area contributed by atoms with Crippen molar-refractivity contribution < 1.29 is 14.6 Å². The molecule has 0 radical (unpaired) electrons. The van der Waals surface area contributed by atoms with Crippen LogP contribution in [0, 0.1) is 11.8 Å². The number of phenolic OH excluding ortho intramolecular Hbond substituents is 1. The highest BCUT2D eigenvalue weighted by Crippen LogP contribution is 2.44. The number of ether oxygens (including phenoxy) is 2. The van der Waals surface area contributed by atoms with Gasteiger partial charge in [-0.15, -0.1) is 0 Å². The van der Waals surface area contributed by atoms with Crippen LogP contribution in [0.5, 0.6) is 17.2 Å². The molecule has 102 valence electrons. The number of benzene rings is 1. The zero-order valence-corrected chi connectivity index (χ0v) is 10.9. The van der Waals surface area contributed by atoms with Crippen LogP contribution in [-0.2, 0) is 6.54 Å². The summed E-state index contributed by atoms with van der Waals surface area (Å²) in [5.74, 6) is 3.46. The Morgan fingerprint density at radius 2 is 2.00 bits per heavy atom. The Hall–Kier alpha value is -1.42. The van der Waals surface area contributed by atoms with E-state index in [-0.39, 0.29) is 6.79 Å². The molecular weight excluding hydrogens is 242 g/mol. The first-order chi connectivity index (χ1) is 9.29. The Morgan fingerprint density at radius 1 is 1.16 bits per heavy atom. The van der Waals surface area contributed by atoms with E-state index >= 15 is 0 Å². The minimum Gasteiger partial charge on any atom is -0.507 e. The van der Waals surface area contributed by atoms with E-state index in [1.165, 1.54) is 25.7 Å². The highest BCUT2D eigenvalue weighted by molar-refractivity contribution is 5.51. The highest BCUT2D eigenvalue weighted by atomic mass is 16.7. The van der Waals surface area contributed by atoms with E-state index in [0.717, 1.165) is 23.1 Å². The summed E-state index contributed by atoms with van der Waals surface area (Å²) in [6.45, 7) is 0.953. The fraction of sp³-hybridized carbons (Fsp3) is 0.600. The summed E-state index contributed by atoms with van der Waals surface area (Å²) in [5, 5.41) is 13.6. The van der Waals surface area contributed by atoms with Crippen molar-refractivity contribution in [2.45, 2.75) is 38.3 Å². The van der Waals surface area contributed by atoms with Gasteiger partial charge in [-0.25, -0.2) is 0 Å².